The van der Waals surface area contributed by atoms with E-state index >= 15 is 0 Å². The minimum absolute atomic E-state index is 0.217. The van der Waals surface area contributed by atoms with Crippen LogP contribution in [0.4, 0.5) is 13.2 Å². The number of carbonyl (C=O) groups excluding carboxylic acids is 1. The average molecular weight is 418 g/mol. The third-order valence-electron chi connectivity index (χ3n) is 3.63. The maximum absolute atomic E-state index is 12.4. The minimum Gasteiger partial charge on any atom is -0.352 e. The molecule has 0 spiro atoms. The van der Waals surface area contributed by atoms with Crippen LogP contribution < -0.4 is 5.32 Å². The van der Waals surface area contributed by atoms with Gasteiger partial charge in [0, 0.05) is 22.6 Å². The number of hydrogen-bond acceptors (Lipinski definition) is 5. The molecule has 1 aromatic heterocycles. The van der Waals surface area contributed by atoms with Crippen LogP contribution in [0.3, 0.4) is 0 Å². The fraction of sp³-hybridized carbons (Fsp3) is 0.444. The first-order valence-corrected chi connectivity index (χ1v) is 10.3. The lowest BCUT2D eigenvalue weighted by atomic mass is 10.2. The molecule has 0 unspecified atom stereocenters. The Morgan fingerprint density at radius 1 is 1.33 bits per heavy atom. The summed E-state index contributed by atoms with van der Waals surface area (Å²) in [6.45, 7) is 1.59. The molecule has 1 heterocycles. The maximum atomic E-state index is 12.4. The van der Waals surface area contributed by atoms with Crippen molar-refractivity contribution < 1.29 is 18.0 Å². The van der Waals surface area contributed by atoms with Gasteiger partial charge in [0.2, 0.25) is 0 Å². The smallest absolute Gasteiger partial charge is 0.352 e. The maximum Gasteiger partial charge on any atom is 0.401 e. The highest BCUT2D eigenvalue weighted by Crippen LogP contribution is 2.26. The summed E-state index contributed by atoms with van der Waals surface area (Å²) in [6.07, 6.45) is -3.75. The second-order valence-electron chi connectivity index (χ2n) is 6.11. The molecule has 2 aromatic rings. The monoisotopic (exact) mass is 417 g/mol. The number of halogens is 3. The van der Waals surface area contributed by atoms with Crippen molar-refractivity contribution in [1.82, 2.24) is 15.2 Å². The van der Waals surface area contributed by atoms with Crippen molar-refractivity contribution in [2.75, 3.05) is 26.7 Å². The molecule has 1 aromatic carbocycles. The molecule has 0 saturated heterocycles. The summed E-state index contributed by atoms with van der Waals surface area (Å²) in [6, 6.07) is 7.30. The molecular weight excluding hydrogens is 395 g/mol. The Morgan fingerprint density at radius 3 is 2.74 bits per heavy atom. The zero-order valence-corrected chi connectivity index (χ0v) is 16.8. The SMILES string of the molecule is Cc1nc(CSc2ccccc2C(=O)NCCCN(C)CC(F)(F)F)cs1. The molecule has 0 fully saturated rings. The van der Waals surface area contributed by atoms with Gasteiger partial charge in [0.15, 0.2) is 0 Å². The van der Waals surface area contributed by atoms with E-state index in [1.165, 1.54) is 11.9 Å². The molecule has 2 rings (SSSR count). The standard InChI is InChI=1S/C18H22F3N3OS2/c1-13-23-14(10-26-13)11-27-16-7-4-3-6-15(16)17(25)22-8-5-9-24(2)12-18(19,20)21/h3-4,6-7,10H,5,8-9,11-12H2,1-2H3,(H,22,25). The summed E-state index contributed by atoms with van der Waals surface area (Å²) < 4.78 is 36.9. The van der Waals surface area contributed by atoms with E-state index in [0.717, 1.165) is 15.6 Å². The lowest BCUT2D eigenvalue weighted by Gasteiger charge is -2.18. The second kappa shape index (κ2) is 10.1. The van der Waals surface area contributed by atoms with Crippen molar-refractivity contribution in [2.24, 2.45) is 0 Å². The van der Waals surface area contributed by atoms with Crippen molar-refractivity contribution in [2.45, 2.75) is 30.2 Å². The predicted molar refractivity (Wildman–Crippen MR) is 103 cm³/mol. The Balaban J connectivity index is 1.82. The minimum atomic E-state index is -4.20. The topological polar surface area (TPSA) is 45.2 Å². The number of thiazole rings is 1. The number of hydrogen-bond donors (Lipinski definition) is 1. The van der Waals surface area contributed by atoms with Gasteiger partial charge < -0.3 is 5.32 Å². The van der Waals surface area contributed by atoms with E-state index in [-0.39, 0.29) is 12.5 Å². The fourth-order valence-corrected chi connectivity index (χ4v) is 4.10. The van der Waals surface area contributed by atoms with Gasteiger partial charge in [0.1, 0.15) is 0 Å². The van der Waals surface area contributed by atoms with Gasteiger partial charge in [0.05, 0.1) is 22.8 Å². The van der Waals surface area contributed by atoms with Crippen LogP contribution in [0, 0.1) is 6.92 Å². The summed E-state index contributed by atoms with van der Waals surface area (Å²) in [5, 5.41) is 5.80. The van der Waals surface area contributed by atoms with Crippen molar-refractivity contribution in [3.63, 3.8) is 0 Å². The number of rotatable bonds is 9. The van der Waals surface area contributed by atoms with Crippen molar-refractivity contribution in [3.8, 4) is 0 Å². The second-order valence-corrected chi connectivity index (χ2v) is 8.18. The van der Waals surface area contributed by atoms with E-state index < -0.39 is 12.7 Å². The first-order chi connectivity index (χ1) is 12.7. The van der Waals surface area contributed by atoms with Gasteiger partial charge in [-0.3, -0.25) is 9.69 Å². The number of aryl methyl sites for hydroxylation is 1. The number of amides is 1. The summed E-state index contributed by atoms with van der Waals surface area (Å²) in [5.41, 5.74) is 1.54. The summed E-state index contributed by atoms with van der Waals surface area (Å²) in [5.74, 6) is 0.461. The normalized spacial score (nSPS) is 11.8. The van der Waals surface area contributed by atoms with Crippen LogP contribution in [0.2, 0.25) is 0 Å². The highest BCUT2D eigenvalue weighted by molar-refractivity contribution is 7.98. The molecule has 1 amide bonds. The lowest BCUT2D eigenvalue weighted by molar-refractivity contribution is -0.143. The molecule has 0 bridgehead atoms. The predicted octanol–water partition coefficient (Wildman–Crippen LogP) is 4.36. The van der Waals surface area contributed by atoms with E-state index in [1.54, 1.807) is 35.2 Å². The van der Waals surface area contributed by atoms with Crippen LogP contribution in [0.25, 0.3) is 0 Å². The Labute approximate surface area is 165 Å². The Kier molecular flexibility index (Phi) is 8.12. The van der Waals surface area contributed by atoms with Crippen LogP contribution in [-0.2, 0) is 5.75 Å². The third-order valence-corrected chi connectivity index (χ3v) is 5.55. The van der Waals surface area contributed by atoms with E-state index in [1.807, 2.05) is 24.4 Å². The van der Waals surface area contributed by atoms with Gasteiger partial charge in [-0.2, -0.15) is 13.2 Å². The first-order valence-electron chi connectivity index (χ1n) is 8.41. The highest BCUT2D eigenvalue weighted by atomic mass is 32.2. The zero-order valence-electron chi connectivity index (χ0n) is 15.2. The molecule has 0 aliphatic heterocycles. The lowest BCUT2D eigenvalue weighted by Crippen LogP contribution is -2.33. The molecule has 0 aliphatic rings. The van der Waals surface area contributed by atoms with E-state index in [0.29, 0.717) is 24.3 Å². The van der Waals surface area contributed by atoms with Crippen LogP contribution in [0.15, 0.2) is 34.5 Å². The molecule has 4 nitrogen and oxygen atoms in total. The van der Waals surface area contributed by atoms with Crippen LogP contribution >= 0.6 is 23.1 Å². The number of benzene rings is 1. The highest BCUT2D eigenvalue weighted by Gasteiger charge is 2.28. The Morgan fingerprint density at radius 2 is 2.07 bits per heavy atom. The Hall–Kier alpha value is -1.58. The van der Waals surface area contributed by atoms with Crippen molar-refractivity contribution in [3.05, 3.63) is 45.9 Å². The molecule has 0 saturated carbocycles. The van der Waals surface area contributed by atoms with Gasteiger partial charge in [-0.1, -0.05) is 12.1 Å². The van der Waals surface area contributed by atoms with Gasteiger partial charge in [0.25, 0.3) is 5.91 Å². The molecule has 27 heavy (non-hydrogen) atoms. The van der Waals surface area contributed by atoms with Crippen molar-refractivity contribution >= 4 is 29.0 Å². The van der Waals surface area contributed by atoms with Crippen LogP contribution in [0.5, 0.6) is 0 Å². The number of nitrogens with zero attached hydrogens (tertiary/aromatic N) is 2. The molecule has 1 N–H and O–H groups in total. The van der Waals surface area contributed by atoms with E-state index in [2.05, 4.69) is 10.3 Å². The van der Waals surface area contributed by atoms with Gasteiger partial charge >= 0.3 is 6.18 Å². The van der Waals surface area contributed by atoms with Gasteiger partial charge in [-0.25, -0.2) is 4.98 Å². The zero-order chi connectivity index (χ0) is 19.9. The van der Waals surface area contributed by atoms with Crippen LogP contribution in [-0.4, -0.2) is 48.6 Å². The van der Waals surface area contributed by atoms with E-state index in [4.69, 9.17) is 0 Å². The molecule has 0 radical (unpaired) electrons. The largest absolute Gasteiger partial charge is 0.401 e. The molecule has 9 heteroatoms. The first kappa shape index (κ1) is 21.7. The number of thioether (sulfide) groups is 1. The average Bonchev–Trinajstić information content (AvgIpc) is 3.01. The Bertz CT molecular complexity index is 749. The summed E-state index contributed by atoms with van der Waals surface area (Å²) >= 11 is 3.13. The van der Waals surface area contributed by atoms with Gasteiger partial charge in [-0.05, 0) is 39.1 Å². The molecular formula is C18H22F3N3OS2. The van der Waals surface area contributed by atoms with Crippen LogP contribution in [0.1, 0.15) is 27.5 Å². The molecule has 0 atom stereocenters. The quantitative estimate of drug-likeness (QED) is 0.487. The van der Waals surface area contributed by atoms with E-state index in [9.17, 15) is 18.0 Å². The fourth-order valence-electron chi connectivity index (χ4n) is 2.44. The summed E-state index contributed by atoms with van der Waals surface area (Å²) in [7, 11) is 1.42. The number of carbonyl (C=O) groups is 1. The summed E-state index contributed by atoms with van der Waals surface area (Å²) in [4.78, 5) is 18.9. The van der Waals surface area contributed by atoms with Gasteiger partial charge in [-0.15, -0.1) is 23.1 Å². The molecule has 148 valence electrons. The number of alkyl halides is 3. The number of aromatic nitrogens is 1. The molecule has 0 aliphatic carbocycles. The van der Waals surface area contributed by atoms with Crippen molar-refractivity contribution in [1.29, 1.82) is 0 Å². The third kappa shape index (κ3) is 7.90. The number of nitrogens with one attached hydrogen (secondary N) is 1.